The first-order valence-corrected chi connectivity index (χ1v) is 6.12. The summed E-state index contributed by atoms with van der Waals surface area (Å²) in [4.78, 5) is 2.66. The number of nitrogens with one attached hydrogen (secondary N) is 1. The second kappa shape index (κ2) is 5.72. The summed E-state index contributed by atoms with van der Waals surface area (Å²) in [5.74, 6) is 0. The maximum atomic E-state index is 3.46. The molecular formula is C12H26N2. The lowest BCUT2D eigenvalue weighted by molar-refractivity contribution is 0.117. The molecule has 0 aliphatic carbocycles. The van der Waals surface area contributed by atoms with Gasteiger partial charge in [0.25, 0.3) is 0 Å². The van der Waals surface area contributed by atoms with Crippen LogP contribution >= 0.6 is 0 Å². The molecule has 0 aromatic rings. The smallest absolute Gasteiger partial charge is 0.0153 e. The Morgan fingerprint density at radius 1 is 1.21 bits per heavy atom. The average Bonchev–Trinajstić information content (AvgIpc) is 2.43. The van der Waals surface area contributed by atoms with Crippen LogP contribution < -0.4 is 5.32 Å². The van der Waals surface area contributed by atoms with Gasteiger partial charge in [-0.25, -0.2) is 0 Å². The van der Waals surface area contributed by atoms with E-state index in [0.29, 0.717) is 5.54 Å². The average molecular weight is 198 g/mol. The molecule has 0 atom stereocenters. The highest BCUT2D eigenvalue weighted by atomic mass is 15.2. The molecule has 1 heterocycles. The molecule has 0 bridgehead atoms. The van der Waals surface area contributed by atoms with Crippen LogP contribution in [0.2, 0.25) is 0 Å². The maximum Gasteiger partial charge on any atom is 0.0153 e. The van der Waals surface area contributed by atoms with Crippen LogP contribution in [0.1, 0.15) is 46.5 Å². The monoisotopic (exact) mass is 198 g/mol. The Morgan fingerprint density at radius 3 is 2.71 bits per heavy atom. The van der Waals surface area contributed by atoms with Gasteiger partial charge in [0, 0.05) is 18.6 Å². The Labute approximate surface area is 89.1 Å². The van der Waals surface area contributed by atoms with Gasteiger partial charge in [0.05, 0.1) is 0 Å². The normalized spacial score (nSPS) is 20.8. The van der Waals surface area contributed by atoms with Gasteiger partial charge in [0.15, 0.2) is 0 Å². The molecule has 0 unspecified atom stereocenters. The minimum Gasteiger partial charge on any atom is -0.315 e. The van der Waals surface area contributed by atoms with Gasteiger partial charge in [-0.15, -0.1) is 0 Å². The van der Waals surface area contributed by atoms with E-state index in [9.17, 15) is 0 Å². The lowest BCUT2D eigenvalue weighted by atomic mass is 9.95. The van der Waals surface area contributed by atoms with Gasteiger partial charge < -0.3 is 5.32 Å². The van der Waals surface area contributed by atoms with Crippen molar-refractivity contribution in [1.82, 2.24) is 10.2 Å². The van der Waals surface area contributed by atoms with Crippen LogP contribution in [-0.4, -0.2) is 36.6 Å². The number of hydrogen-bond donors (Lipinski definition) is 1. The fraction of sp³-hybridized carbons (Fsp3) is 1.00. The topological polar surface area (TPSA) is 15.3 Å². The highest BCUT2D eigenvalue weighted by Crippen LogP contribution is 2.22. The summed E-state index contributed by atoms with van der Waals surface area (Å²) in [5, 5.41) is 3.46. The van der Waals surface area contributed by atoms with Crippen molar-refractivity contribution in [2.24, 2.45) is 0 Å². The van der Waals surface area contributed by atoms with Gasteiger partial charge >= 0.3 is 0 Å². The molecule has 1 saturated heterocycles. The van der Waals surface area contributed by atoms with Crippen molar-refractivity contribution in [2.75, 3.05) is 26.2 Å². The summed E-state index contributed by atoms with van der Waals surface area (Å²) in [6, 6.07) is 0. The van der Waals surface area contributed by atoms with Crippen molar-refractivity contribution in [1.29, 1.82) is 0 Å². The van der Waals surface area contributed by atoms with Gasteiger partial charge in [-0.2, -0.15) is 0 Å². The Morgan fingerprint density at radius 2 is 2.00 bits per heavy atom. The van der Waals surface area contributed by atoms with Crippen LogP contribution in [0.4, 0.5) is 0 Å². The molecule has 0 spiro atoms. The zero-order valence-electron chi connectivity index (χ0n) is 10.1. The Kier molecular flexibility index (Phi) is 4.90. The lowest BCUT2D eigenvalue weighted by Gasteiger charge is -2.38. The van der Waals surface area contributed by atoms with E-state index in [1.54, 1.807) is 0 Å². The molecule has 0 aromatic carbocycles. The van der Waals surface area contributed by atoms with Gasteiger partial charge in [-0.1, -0.05) is 19.8 Å². The van der Waals surface area contributed by atoms with E-state index in [1.165, 1.54) is 45.3 Å². The van der Waals surface area contributed by atoms with Crippen molar-refractivity contribution >= 4 is 0 Å². The van der Waals surface area contributed by atoms with Gasteiger partial charge in [-0.3, -0.25) is 4.90 Å². The van der Waals surface area contributed by atoms with E-state index < -0.39 is 0 Å². The zero-order valence-corrected chi connectivity index (χ0v) is 10.1. The number of nitrogens with zero attached hydrogens (tertiary/aromatic N) is 1. The molecule has 84 valence electrons. The molecule has 1 aliphatic rings. The van der Waals surface area contributed by atoms with Crippen molar-refractivity contribution in [3.05, 3.63) is 0 Å². The molecule has 0 saturated carbocycles. The van der Waals surface area contributed by atoms with E-state index in [1.807, 2.05) is 0 Å². The van der Waals surface area contributed by atoms with E-state index >= 15 is 0 Å². The van der Waals surface area contributed by atoms with Crippen LogP contribution in [0.3, 0.4) is 0 Å². The summed E-state index contributed by atoms with van der Waals surface area (Å²) >= 11 is 0. The molecule has 2 heteroatoms. The molecule has 2 nitrogen and oxygen atoms in total. The molecule has 0 aromatic heterocycles. The molecular weight excluding hydrogens is 172 g/mol. The van der Waals surface area contributed by atoms with Crippen LogP contribution in [0.25, 0.3) is 0 Å². The highest BCUT2D eigenvalue weighted by Gasteiger charge is 2.25. The SMILES string of the molecule is CCCCC(C)(C)N1CCCNCC1. The fourth-order valence-electron chi connectivity index (χ4n) is 2.22. The van der Waals surface area contributed by atoms with Crippen molar-refractivity contribution in [2.45, 2.75) is 52.0 Å². The summed E-state index contributed by atoms with van der Waals surface area (Å²) < 4.78 is 0. The summed E-state index contributed by atoms with van der Waals surface area (Å²) in [5.41, 5.74) is 0.405. The largest absolute Gasteiger partial charge is 0.315 e. The molecule has 14 heavy (non-hydrogen) atoms. The van der Waals surface area contributed by atoms with Crippen LogP contribution in [-0.2, 0) is 0 Å². The van der Waals surface area contributed by atoms with Crippen LogP contribution in [0, 0.1) is 0 Å². The fourth-order valence-corrected chi connectivity index (χ4v) is 2.22. The van der Waals surface area contributed by atoms with Crippen molar-refractivity contribution in [3.8, 4) is 0 Å². The molecule has 0 radical (unpaired) electrons. The predicted molar refractivity (Wildman–Crippen MR) is 62.7 cm³/mol. The Bertz CT molecular complexity index is 146. The number of hydrogen-bond acceptors (Lipinski definition) is 2. The van der Waals surface area contributed by atoms with E-state index in [4.69, 9.17) is 0 Å². The molecule has 1 aliphatic heterocycles. The summed E-state index contributed by atoms with van der Waals surface area (Å²) in [7, 11) is 0. The van der Waals surface area contributed by atoms with E-state index in [2.05, 4.69) is 31.0 Å². The second-order valence-electron chi connectivity index (χ2n) is 5.01. The molecule has 1 rings (SSSR count). The second-order valence-corrected chi connectivity index (χ2v) is 5.01. The van der Waals surface area contributed by atoms with Crippen molar-refractivity contribution in [3.63, 3.8) is 0 Å². The number of rotatable bonds is 4. The van der Waals surface area contributed by atoms with Crippen LogP contribution in [0.15, 0.2) is 0 Å². The van der Waals surface area contributed by atoms with E-state index in [0.717, 1.165) is 6.54 Å². The number of unbranched alkanes of at least 4 members (excludes halogenated alkanes) is 1. The summed E-state index contributed by atoms with van der Waals surface area (Å²) in [6.07, 6.45) is 5.31. The third-order valence-electron chi connectivity index (χ3n) is 3.34. The Hall–Kier alpha value is -0.0800. The van der Waals surface area contributed by atoms with Gasteiger partial charge in [0.1, 0.15) is 0 Å². The molecule has 1 fully saturated rings. The molecule has 0 amide bonds. The first-order chi connectivity index (χ1) is 6.67. The quantitative estimate of drug-likeness (QED) is 0.745. The minimum atomic E-state index is 0.405. The van der Waals surface area contributed by atoms with Crippen molar-refractivity contribution < 1.29 is 0 Å². The Balaban J connectivity index is 2.41. The zero-order chi connectivity index (χ0) is 10.4. The molecule has 1 N–H and O–H groups in total. The van der Waals surface area contributed by atoms with Gasteiger partial charge in [-0.05, 0) is 39.8 Å². The third-order valence-corrected chi connectivity index (χ3v) is 3.34. The highest BCUT2D eigenvalue weighted by molar-refractivity contribution is 4.83. The summed E-state index contributed by atoms with van der Waals surface area (Å²) in [6.45, 7) is 11.9. The van der Waals surface area contributed by atoms with E-state index in [-0.39, 0.29) is 0 Å². The lowest BCUT2D eigenvalue weighted by Crippen LogP contribution is -2.45. The minimum absolute atomic E-state index is 0.405. The predicted octanol–water partition coefficient (Wildman–Crippen LogP) is 2.25. The standard InChI is InChI=1S/C12H26N2/c1-4-5-7-12(2,3)14-10-6-8-13-9-11-14/h13H,4-11H2,1-3H3. The van der Waals surface area contributed by atoms with Crippen LogP contribution in [0.5, 0.6) is 0 Å². The maximum absolute atomic E-state index is 3.46. The van der Waals surface area contributed by atoms with Gasteiger partial charge in [0.2, 0.25) is 0 Å². The third kappa shape index (κ3) is 3.58. The first kappa shape index (κ1) is 12.0. The first-order valence-electron chi connectivity index (χ1n) is 6.12.